The lowest BCUT2D eigenvalue weighted by atomic mass is 9.99. The number of anilines is 1. The molecule has 0 aromatic heterocycles. The summed E-state index contributed by atoms with van der Waals surface area (Å²) in [6.45, 7) is 5.82. The summed E-state index contributed by atoms with van der Waals surface area (Å²) in [5.74, 6) is 0.975. The van der Waals surface area contributed by atoms with Gasteiger partial charge in [-0.25, -0.2) is 4.79 Å². The highest BCUT2D eigenvalue weighted by molar-refractivity contribution is 5.95. The maximum absolute atomic E-state index is 13.5. The smallest absolute Gasteiger partial charge is 0.416 e. The van der Waals surface area contributed by atoms with Gasteiger partial charge in [0.05, 0.1) is 37.6 Å². The molecule has 1 atom stereocenters. The second-order valence-corrected chi connectivity index (χ2v) is 8.28. The van der Waals surface area contributed by atoms with Crippen molar-refractivity contribution in [2.24, 2.45) is 0 Å². The molecule has 2 heterocycles. The van der Waals surface area contributed by atoms with Crippen LogP contribution in [-0.2, 0) is 10.9 Å². The minimum Gasteiger partial charge on any atom is -0.493 e. The van der Waals surface area contributed by atoms with Crippen molar-refractivity contribution < 1.29 is 32.2 Å². The third-order valence-corrected chi connectivity index (χ3v) is 6.12. The molecule has 2 fully saturated rings. The first-order valence-corrected chi connectivity index (χ1v) is 11.1. The van der Waals surface area contributed by atoms with Gasteiger partial charge < -0.3 is 19.5 Å². The number of amides is 2. The normalized spacial score (nSPS) is 19.3. The first kappa shape index (κ1) is 24.2. The number of morpholine rings is 1. The van der Waals surface area contributed by atoms with Crippen LogP contribution < -0.4 is 19.7 Å². The third-order valence-electron chi connectivity index (χ3n) is 6.12. The van der Waals surface area contributed by atoms with Crippen LogP contribution in [0.2, 0.25) is 0 Å². The minimum absolute atomic E-state index is 0.139. The monoisotopic (exact) mass is 479 g/mol. The van der Waals surface area contributed by atoms with Crippen molar-refractivity contribution in [3.63, 3.8) is 0 Å². The van der Waals surface area contributed by atoms with Crippen molar-refractivity contribution in [1.29, 1.82) is 0 Å². The average Bonchev–Trinajstić information content (AvgIpc) is 3.20. The predicted octanol–water partition coefficient (Wildman–Crippen LogP) is 4.00. The molecule has 4 rings (SSSR count). The Labute approximate surface area is 196 Å². The molecule has 0 spiro atoms. The zero-order chi connectivity index (χ0) is 24.3. The number of ether oxygens (including phenoxy) is 3. The number of urea groups is 1. The Hall–Kier alpha value is -2.98. The number of benzene rings is 2. The molecule has 7 nitrogen and oxygen atoms in total. The first-order chi connectivity index (χ1) is 16.3. The van der Waals surface area contributed by atoms with Crippen molar-refractivity contribution in [3.8, 4) is 11.5 Å². The highest BCUT2D eigenvalue weighted by Gasteiger charge is 2.37. The number of rotatable bonds is 7. The Balaban J connectivity index is 1.57. The fraction of sp³-hybridized carbons (Fsp3) is 0.458. The van der Waals surface area contributed by atoms with Crippen LogP contribution >= 0.6 is 0 Å². The molecule has 2 aromatic rings. The number of nitrogens with one attached hydrogen (secondary N) is 1. The Morgan fingerprint density at radius 3 is 2.59 bits per heavy atom. The predicted molar refractivity (Wildman–Crippen MR) is 121 cm³/mol. The van der Waals surface area contributed by atoms with Crippen LogP contribution in [0.4, 0.5) is 23.7 Å². The maximum Gasteiger partial charge on any atom is 0.416 e. The number of hydrogen-bond donors (Lipinski definition) is 1. The molecule has 0 radical (unpaired) electrons. The van der Waals surface area contributed by atoms with Crippen LogP contribution in [0.15, 0.2) is 36.4 Å². The SMILES string of the molecule is COc1ccc(N2C(=O)NCC2c2ccc(C)c(C(F)(F)F)c2)cc1OCCN1CCOCC1. The summed E-state index contributed by atoms with van der Waals surface area (Å²) in [6.07, 6.45) is -4.47. The van der Waals surface area contributed by atoms with E-state index < -0.39 is 17.8 Å². The standard InChI is InChI=1S/C24H28F3N3O4/c1-16-3-4-17(13-19(16)24(25,26)27)20-15-28-23(31)30(20)18-5-6-21(32-2)22(14-18)34-12-9-29-7-10-33-11-8-29/h3-6,13-14,20H,7-12,15H2,1-2H3,(H,28,31). The molecular weight excluding hydrogens is 451 g/mol. The maximum atomic E-state index is 13.5. The summed E-state index contributed by atoms with van der Waals surface area (Å²) in [5.41, 5.74) is 0.352. The molecule has 184 valence electrons. The van der Waals surface area contributed by atoms with E-state index in [4.69, 9.17) is 14.2 Å². The van der Waals surface area contributed by atoms with Gasteiger partial charge in [0.15, 0.2) is 11.5 Å². The molecule has 2 aliphatic heterocycles. The zero-order valence-electron chi connectivity index (χ0n) is 19.2. The second kappa shape index (κ2) is 10.1. The second-order valence-electron chi connectivity index (χ2n) is 8.28. The van der Waals surface area contributed by atoms with Gasteiger partial charge in [0.2, 0.25) is 0 Å². The summed E-state index contributed by atoms with van der Waals surface area (Å²) in [7, 11) is 1.53. The Morgan fingerprint density at radius 2 is 1.88 bits per heavy atom. The number of hydrogen-bond acceptors (Lipinski definition) is 5. The summed E-state index contributed by atoms with van der Waals surface area (Å²) in [4.78, 5) is 16.4. The number of alkyl halides is 3. The van der Waals surface area contributed by atoms with E-state index >= 15 is 0 Å². The van der Waals surface area contributed by atoms with E-state index in [0.29, 0.717) is 49.1 Å². The largest absolute Gasteiger partial charge is 0.493 e. The van der Waals surface area contributed by atoms with Crippen molar-refractivity contribution in [1.82, 2.24) is 10.2 Å². The first-order valence-electron chi connectivity index (χ1n) is 11.1. The van der Waals surface area contributed by atoms with Gasteiger partial charge in [0.25, 0.3) is 0 Å². The van der Waals surface area contributed by atoms with E-state index in [1.54, 1.807) is 24.3 Å². The van der Waals surface area contributed by atoms with Gasteiger partial charge >= 0.3 is 12.2 Å². The molecule has 0 saturated carbocycles. The lowest BCUT2D eigenvalue weighted by molar-refractivity contribution is -0.138. The molecule has 1 unspecified atom stereocenters. The molecule has 2 aromatic carbocycles. The van der Waals surface area contributed by atoms with Crippen molar-refractivity contribution in [2.45, 2.75) is 19.1 Å². The van der Waals surface area contributed by atoms with Crippen LogP contribution in [0, 0.1) is 6.92 Å². The van der Waals surface area contributed by atoms with Gasteiger partial charge in [-0.3, -0.25) is 9.80 Å². The van der Waals surface area contributed by atoms with E-state index in [9.17, 15) is 18.0 Å². The molecule has 10 heteroatoms. The molecule has 0 bridgehead atoms. The van der Waals surface area contributed by atoms with Crippen LogP contribution in [0.1, 0.15) is 22.7 Å². The van der Waals surface area contributed by atoms with Crippen molar-refractivity contribution >= 4 is 11.7 Å². The highest BCUT2D eigenvalue weighted by atomic mass is 19.4. The molecule has 2 amide bonds. The van der Waals surface area contributed by atoms with Gasteiger partial charge in [0.1, 0.15) is 6.61 Å². The third kappa shape index (κ3) is 5.23. The Kier molecular flexibility index (Phi) is 7.18. The van der Waals surface area contributed by atoms with Crippen molar-refractivity contribution in [2.75, 3.05) is 58.0 Å². The van der Waals surface area contributed by atoms with E-state index in [1.165, 1.54) is 25.0 Å². The lowest BCUT2D eigenvalue weighted by Crippen LogP contribution is -2.38. The van der Waals surface area contributed by atoms with Crippen LogP contribution in [0.3, 0.4) is 0 Å². The van der Waals surface area contributed by atoms with Gasteiger partial charge in [-0.15, -0.1) is 0 Å². The number of methoxy groups -OCH3 is 1. The van der Waals surface area contributed by atoms with Crippen molar-refractivity contribution in [3.05, 3.63) is 53.1 Å². The van der Waals surface area contributed by atoms with Gasteiger partial charge in [-0.2, -0.15) is 13.2 Å². The summed E-state index contributed by atoms with van der Waals surface area (Å²) < 4.78 is 57.1. The number of nitrogens with zero attached hydrogens (tertiary/aromatic N) is 2. The topological polar surface area (TPSA) is 63.3 Å². The summed E-state index contributed by atoms with van der Waals surface area (Å²) in [5, 5.41) is 2.74. The van der Waals surface area contributed by atoms with E-state index in [-0.39, 0.29) is 18.1 Å². The quantitative estimate of drug-likeness (QED) is 0.651. The fourth-order valence-electron chi connectivity index (χ4n) is 4.26. The minimum atomic E-state index is -4.47. The zero-order valence-corrected chi connectivity index (χ0v) is 19.2. The van der Waals surface area contributed by atoms with Crippen LogP contribution in [0.5, 0.6) is 11.5 Å². The molecule has 1 N–H and O–H groups in total. The fourth-order valence-corrected chi connectivity index (χ4v) is 4.26. The van der Waals surface area contributed by atoms with E-state index in [2.05, 4.69) is 10.2 Å². The highest BCUT2D eigenvalue weighted by Crippen LogP contribution is 2.39. The summed E-state index contributed by atoms with van der Waals surface area (Å²) >= 11 is 0. The number of carbonyl (C=O) groups is 1. The Bertz CT molecular complexity index is 1030. The summed E-state index contributed by atoms with van der Waals surface area (Å²) in [6, 6.07) is 8.29. The van der Waals surface area contributed by atoms with E-state index in [1.807, 2.05) is 0 Å². The lowest BCUT2D eigenvalue weighted by Gasteiger charge is -2.27. The molecular formula is C24H28F3N3O4. The van der Waals surface area contributed by atoms with E-state index in [0.717, 1.165) is 19.2 Å². The number of carbonyl (C=O) groups excluding carboxylic acids is 1. The number of halogens is 3. The van der Waals surface area contributed by atoms with Gasteiger partial charge in [-0.05, 0) is 36.2 Å². The average molecular weight is 479 g/mol. The van der Waals surface area contributed by atoms with Crippen LogP contribution in [0.25, 0.3) is 0 Å². The molecule has 34 heavy (non-hydrogen) atoms. The van der Waals surface area contributed by atoms with Gasteiger partial charge in [0, 0.05) is 32.2 Å². The molecule has 0 aliphatic carbocycles. The Morgan fingerprint density at radius 1 is 1.12 bits per heavy atom. The van der Waals surface area contributed by atoms with Crippen LogP contribution in [-0.4, -0.2) is 64.0 Å². The molecule has 2 saturated heterocycles. The molecule has 2 aliphatic rings. The number of aryl methyl sites for hydroxylation is 1. The van der Waals surface area contributed by atoms with Gasteiger partial charge in [-0.1, -0.05) is 12.1 Å².